The van der Waals surface area contributed by atoms with Crippen molar-refractivity contribution in [2.75, 3.05) is 52.0 Å². The summed E-state index contributed by atoms with van der Waals surface area (Å²) in [5.74, 6) is 0.517. The summed E-state index contributed by atoms with van der Waals surface area (Å²) in [7, 11) is 7.01. The summed E-state index contributed by atoms with van der Waals surface area (Å²) in [6.07, 6.45) is 1.59. The molecule has 2 aromatic rings. The molecule has 1 aromatic carbocycles. The normalized spacial score (nSPS) is 10.5. The number of ether oxygens (including phenoxy) is 2. The van der Waals surface area contributed by atoms with E-state index in [1.807, 2.05) is 20.2 Å². The average molecular weight is 379 g/mol. The van der Waals surface area contributed by atoms with Gasteiger partial charge in [-0.05, 0) is 26.2 Å². The van der Waals surface area contributed by atoms with Gasteiger partial charge in [0.15, 0.2) is 0 Å². The fraction of sp³-hybridized carbons (Fsp3) is 0.333. The quantitative estimate of drug-likeness (QED) is 0.735. The molecule has 2 rings (SSSR count). The molecule has 0 aliphatic rings. The van der Waals surface area contributed by atoms with Gasteiger partial charge in [0, 0.05) is 37.1 Å². The summed E-state index contributed by atoms with van der Waals surface area (Å²) in [5.41, 5.74) is 1.56. The van der Waals surface area contributed by atoms with Gasteiger partial charge in [0.1, 0.15) is 17.2 Å². The van der Waals surface area contributed by atoms with Crippen LogP contribution in [0.4, 0.5) is 11.4 Å². The van der Waals surface area contributed by atoms with Crippen LogP contribution in [0.2, 0.25) is 5.02 Å². The molecule has 0 atom stereocenters. The number of amides is 1. The highest BCUT2D eigenvalue weighted by atomic mass is 35.5. The lowest BCUT2D eigenvalue weighted by Crippen LogP contribution is -2.21. The Labute approximate surface area is 158 Å². The number of methoxy groups -OCH3 is 2. The van der Waals surface area contributed by atoms with Crippen LogP contribution in [0.1, 0.15) is 10.5 Å². The summed E-state index contributed by atoms with van der Waals surface area (Å²) in [6, 6.07) is 6.71. The lowest BCUT2D eigenvalue weighted by atomic mass is 10.2. The second kappa shape index (κ2) is 9.26. The topological polar surface area (TPSA) is 75.7 Å². The van der Waals surface area contributed by atoms with Crippen molar-refractivity contribution in [3.8, 4) is 11.5 Å². The zero-order valence-electron chi connectivity index (χ0n) is 15.3. The molecule has 0 unspecified atom stereocenters. The van der Waals surface area contributed by atoms with Gasteiger partial charge in [-0.25, -0.2) is 0 Å². The first-order chi connectivity index (χ1) is 12.4. The highest BCUT2D eigenvalue weighted by Crippen LogP contribution is 2.36. The highest BCUT2D eigenvalue weighted by molar-refractivity contribution is 6.32. The van der Waals surface area contributed by atoms with Crippen molar-refractivity contribution in [1.29, 1.82) is 0 Å². The molecular weight excluding hydrogens is 356 g/mol. The molecule has 2 N–H and O–H groups in total. The van der Waals surface area contributed by atoms with E-state index in [2.05, 4.69) is 20.5 Å². The maximum Gasteiger partial charge on any atom is 0.274 e. The predicted octanol–water partition coefficient (Wildman–Crippen LogP) is 2.98. The second-order valence-corrected chi connectivity index (χ2v) is 6.21. The van der Waals surface area contributed by atoms with Crippen LogP contribution >= 0.6 is 11.6 Å². The van der Waals surface area contributed by atoms with E-state index in [1.54, 1.807) is 24.4 Å². The number of anilines is 2. The molecule has 0 saturated carbocycles. The molecule has 0 bridgehead atoms. The Hall–Kier alpha value is -2.51. The van der Waals surface area contributed by atoms with Crippen LogP contribution in [0, 0.1) is 0 Å². The maximum atomic E-state index is 12.6. The minimum atomic E-state index is -0.357. The molecule has 0 aliphatic heterocycles. The Morgan fingerprint density at radius 1 is 1.19 bits per heavy atom. The van der Waals surface area contributed by atoms with Crippen molar-refractivity contribution in [2.24, 2.45) is 0 Å². The van der Waals surface area contributed by atoms with E-state index in [4.69, 9.17) is 21.1 Å². The van der Waals surface area contributed by atoms with Gasteiger partial charge >= 0.3 is 0 Å². The molecule has 0 spiro atoms. The first kappa shape index (κ1) is 19.8. The molecule has 0 radical (unpaired) electrons. The Bertz CT molecular complexity index is 768. The van der Waals surface area contributed by atoms with Crippen LogP contribution in [0.25, 0.3) is 0 Å². The van der Waals surface area contributed by atoms with E-state index in [1.165, 1.54) is 14.2 Å². The zero-order valence-corrected chi connectivity index (χ0v) is 16.1. The van der Waals surface area contributed by atoms with Gasteiger partial charge in [0.25, 0.3) is 5.91 Å². The predicted molar refractivity (Wildman–Crippen MR) is 104 cm³/mol. The van der Waals surface area contributed by atoms with Gasteiger partial charge in [-0.1, -0.05) is 11.6 Å². The van der Waals surface area contributed by atoms with Crippen LogP contribution in [-0.2, 0) is 0 Å². The lowest BCUT2D eigenvalue weighted by molar-refractivity contribution is 0.102. The molecule has 1 aromatic heterocycles. The van der Waals surface area contributed by atoms with E-state index in [9.17, 15) is 4.79 Å². The van der Waals surface area contributed by atoms with Crippen molar-refractivity contribution in [1.82, 2.24) is 9.88 Å². The number of nitrogens with one attached hydrogen (secondary N) is 2. The van der Waals surface area contributed by atoms with Crippen molar-refractivity contribution in [3.63, 3.8) is 0 Å². The molecule has 1 amide bonds. The first-order valence-corrected chi connectivity index (χ1v) is 8.40. The summed E-state index contributed by atoms with van der Waals surface area (Å²) in [5, 5.41) is 6.44. The minimum Gasteiger partial charge on any atom is -0.495 e. The molecule has 0 aliphatic carbocycles. The number of carbonyl (C=O) groups is 1. The third-order valence-electron chi connectivity index (χ3n) is 3.60. The summed E-state index contributed by atoms with van der Waals surface area (Å²) < 4.78 is 10.5. The van der Waals surface area contributed by atoms with Gasteiger partial charge in [-0.2, -0.15) is 0 Å². The largest absolute Gasteiger partial charge is 0.495 e. The highest BCUT2D eigenvalue weighted by Gasteiger charge is 2.15. The van der Waals surface area contributed by atoms with Crippen LogP contribution < -0.4 is 20.1 Å². The van der Waals surface area contributed by atoms with Crippen LogP contribution in [0.3, 0.4) is 0 Å². The number of halogens is 1. The molecule has 26 heavy (non-hydrogen) atoms. The number of rotatable bonds is 8. The fourth-order valence-corrected chi connectivity index (χ4v) is 2.46. The Kier molecular flexibility index (Phi) is 7.06. The van der Waals surface area contributed by atoms with Gasteiger partial charge in [0.05, 0.1) is 24.9 Å². The number of pyridine rings is 1. The molecular formula is C18H23ClN4O3. The van der Waals surface area contributed by atoms with E-state index < -0.39 is 0 Å². The number of nitrogens with zero attached hydrogens (tertiary/aromatic N) is 2. The van der Waals surface area contributed by atoms with Crippen LogP contribution in [-0.4, -0.2) is 57.2 Å². The standard InChI is InChI=1S/C18H23ClN4O3/c1-23(2)8-7-20-12-5-6-21-15(9-12)18(24)22-14-11-16(25-3)13(19)10-17(14)26-4/h5-6,9-11H,7-8H2,1-4H3,(H,20,21)(H,22,24). The third-order valence-corrected chi connectivity index (χ3v) is 3.90. The summed E-state index contributed by atoms with van der Waals surface area (Å²) in [4.78, 5) is 18.8. The third kappa shape index (κ3) is 5.24. The van der Waals surface area contributed by atoms with Gasteiger partial charge in [-0.3, -0.25) is 9.78 Å². The lowest BCUT2D eigenvalue weighted by Gasteiger charge is -2.14. The van der Waals surface area contributed by atoms with Crippen LogP contribution in [0.5, 0.6) is 11.5 Å². The molecule has 0 fully saturated rings. The van der Waals surface area contributed by atoms with Crippen molar-refractivity contribution >= 4 is 28.9 Å². The van der Waals surface area contributed by atoms with Crippen LogP contribution in [0.15, 0.2) is 30.5 Å². The van der Waals surface area contributed by atoms with E-state index >= 15 is 0 Å². The molecule has 1 heterocycles. The van der Waals surface area contributed by atoms with Crippen molar-refractivity contribution < 1.29 is 14.3 Å². The number of hydrogen-bond donors (Lipinski definition) is 2. The SMILES string of the molecule is COc1cc(NC(=O)c2cc(NCCN(C)C)ccn2)c(OC)cc1Cl. The maximum absolute atomic E-state index is 12.6. The number of aromatic nitrogens is 1. The Morgan fingerprint density at radius 2 is 1.92 bits per heavy atom. The summed E-state index contributed by atoms with van der Waals surface area (Å²) >= 11 is 6.08. The van der Waals surface area contributed by atoms with Gasteiger partial charge in [0.2, 0.25) is 0 Å². The van der Waals surface area contributed by atoms with E-state index in [-0.39, 0.29) is 11.6 Å². The Balaban J connectivity index is 2.15. The number of hydrogen-bond acceptors (Lipinski definition) is 6. The Morgan fingerprint density at radius 3 is 2.58 bits per heavy atom. The summed E-state index contributed by atoms with van der Waals surface area (Å²) in [6.45, 7) is 1.64. The zero-order chi connectivity index (χ0) is 19.1. The molecule has 7 nitrogen and oxygen atoms in total. The van der Waals surface area contributed by atoms with E-state index in [0.29, 0.717) is 22.2 Å². The number of benzene rings is 1. The fourth-order valence-electron chi connectivity index (χ4n) is 2.23. The first-order valence-electron chi connectivity index (χ1n) is 8.02. The second-order valence-electron chi connectivity index (χ2n) is 5.80. The molecule has 8 heteroatoms. The van der Waals surface area contributed by atoms with Gasteiger partial charge in [-0.15, -0.1) is 0 Å². The van der Waals surface area contributed by atoms with Gasteiger partial charge < -0.3 is 25.0 Å². The van der Waals surface area contributed by atoms with Crippen molar-refractivity contribution in [2.45, 2.75) is 0 Å². The molecule has 0 saturated heterocycles. The monoisotopic (exact) mass is 378 g/mol. The van der Waals surface area contributed by atoms with Crippen molar-refractivity contribution in [3.05, 3.63) is 41.2 Å². The molecule has 140 valence electrons. The number of carbonyl (C=O) groups excluding carboxylic acids is 1. The average Bonchev–Trinajstić information content (AvgIpc) is 2.62. The minimum absolute atomic E-state index is 0.288. The smallest absolute Gasteiger partial charge is 0.274 e. The van der Waals surface area contributed by atoms with E-state index in [0.717, 1.165) is 18.8 Å². The number of likely N-dealkylation sites (N-methyl/N-ethyl adjacent to an activating group) is 1.